The van der Waals surface area contributed by atoms with Crippen LogP contribution in [-0.4, -0.2) is 35.6 Å². The minimum absolute atomic E-state index is 0.0140. The lowest BCUT2D eigenvalue weighted by Gasteiger charge is -2.23. The predicted molar refractivity (Wildman–Crippen MR) is 76.9 cm³/mol. The first-order valence-corrected chi connectivity index (χ1v) is 6.57. The van der Waals surface area contributed by atoms with Gasteiger partial charge in [0.2, 0.25) is 0 Å². The fourth-order valence-corrected chi connectivity index (χ4v) is 1.63. The van der Waals surface area contributed by atoms with Gasteiger partial charge in [-0.15, -0.1) is 0 Å². The Balaban J connectivity index is 2.88. The number of nitrogens with zero attached hydrogens (tertiary/aromatic N) is 1. The van der Waals surface area contributed by atoms with Gasteiger partial charge in [0.1, 0.15) is 0 Å². The van der Waals surface area contributed by atoms with Crippen molar-refractivity contribution in [3.8, 4) is 11.8 Å². The van der Waals surface area contributed by atoms with Gasteiger partial charge in [-0.3, -0.25) is 4.79 Å². The predicted octanol–water partition coefficient (Wildman–Crippen LogP) is 2.29. The van der Waals surface area contributed by atoms with Gasteiger partial charge in [0.15, 0.2) is 0 Å². The average molecular weight is 259 g/mol. The van der Waals surface area contributed by atoms with Crippen LogP contribution in [0, 0.1) is 11.8 Å². The first-order chi connectivity index (χ1) is 9.10. The number of aliphatic hydroxyl groups is 1. The first-order valence-electron chi connectivity index (χ1n) is 6.57. The fraction of sp³-hybridized carbons (Fsp3) is 0.438. The normalized spacial score (nSPS) is 11.4. The van der Waals surface area contributed by atoms with Gasteiger partial charge < -0.3 is 10.0 Å². The molecule has 1 N–H and O–H groups in total. The Bertz CT molecular complexity index is 485. The highest BCUT2D eigenvalue weighted by molar-refractivity contribution is 5.94. The molecule has 102 valence electrons. The van der Waals surface area contributed by atoms with Gasteiger partial charge in [-0.05, 0) is 31.5 Å². The van der Waals surface area contributed by atoms with Gasteiger partial charge in [0, 0.05) is 30.6 Å². The van der Waals surface area contributed by atoms with Gasteiger partial charge in [-0.2, -0.15) is 0 Å². The van der Waals surface area contributed by atoms with E-state index in [-0.39, 0.29) is 18.6 Å². The highest BCUT2D eigenvalue weighted by Gasteiger charge is 2.15. The maximum atomic E-state index is 12.3. The molecule has 1 aromatic carbocycles. The molecule has 0 fully saturated rings. The SMILES string of the molecule is CCC(C)N(C)C(=O)c1cccc(C#CCCO)c1. The van der Waals surface area contributed by atoms with E-state index in [4.69, 9.17) is 5.11 Å². The zero-order valence-electron chi connectivity index (χ0n) is 11.8. The van der Waals surface area contributed by atoms with E-state index in [1.165, 1.54) is 0 Å². The zero-order chi connectivity index (χ0) is 14.3. The minimum Gasteiger partial charge on any atom is -0.395 e. The Morgan fingerprint density at radius 2 is 2.21 bits per heavy atom. The molecule has 0 spiro atoms. The summed E-state index contributed by atoms with van der Waals surface area (Å²) in [6.07, 6.45) is 1.38. The molecule has 3 nitrogen and oxygen atoms in total. The molecule has 0 aliphatic rings. The maximum absolute atomic E-state index is 12.3. The summed E-state index contributed by atoms with van der Waals surface area (Å²) in [5.74, 6) is 5.81. The molecule has 1 aromatic rings. The van der Waals surface area contributed by atoms with Crippen molar-refractivity contribution in [3.05, 3.63) is 35.4 Å². The van der Waals surface area contributed by atoms with E-state index in [2.05, 4.69) is 18.8 Å². The second kappa shape index (κ2) is 7.60. The van der Waals surface area contributed by atoms with Crippen LogP contribution in [0.15, 0.2) is 24.3 Å². The molecule has 0 aromatic heterocycles. The minimum atomic E-state index is 0.0140. The van der Waals surface area contributed by atoms with Crippen LogP contribution in [0.5, 0.6) is 0 Å². The highest BCUT2D eigenvalue weighted by atomic mass is 16.2. The second-order valence-corrected chi connectivity index (χ2v) is 4.53. The number of rotatable bonds is 4. The maximum Gasteiger partial charge on any atom is 0.253 e. The van der Waals surface area contributed by atoms with Crippen LogP contribution < -0.4 is 0 Å². The van der Waals surface area contributed by atoms with Crippen molar-refractivity contribution in [2.24, 2.45) is 0 Å². The topological polar surface area (TPSA) is 40.5 Å². The van der Waals surface area contributed by atoms with Crippen LogP contribution in [0.4, 0.5) is 0 Å². The standard InChI is InChI=1S/C16H21NO2/c1-4-13(2)17(3)16(19)15-10-7-9-14(12-15)8-5-6-11-18/h7,9-10,12-13,18H,4,6,11H2,1-3H3. The molecule has 0 aliphatic heterocycles. The van der Waals surface area contributed by atoms with Crippen LogP contribution in [0.3, 0.4) is 0 Å². The third-order valence-electron chi connectivity index (χ3n) is 3.15. The van der Waals surface area contributed by atoms with Crippen molar-refractivity contribution in [1.29, 1.82) is 0 Å². The highest BCUT2D eigenvalue weighted by Crippen LogP contribution is 2.10. The second-order valence-electron chi connectivity index (χ2n) is 4.53. The molecule has 1 amide bonds. The molecular weight excluding hydrogens is 238 g/mol. The largest absolute Gasteiger partial charge is 0.395 e. The van der Waals surface area contributed by atoms with E-state index in [1.54, 1.807) is 17.0 Å². The summed E-state index contributed by atoms with van der Waals surface area (Å²) in [6, 6.07) is 7.52. The van der Waals surface area contributed by atoms with Crippen LogP contribution in [-0.2, 0) is 0 Å². The molecular formula is C16H21NO2. The van der Waals surface area contributed by atoms with Gasteiger partial charge in [-0.25, -0.2) is 0 Å². The van der Waals surface area contributed by atoms with Crippen LogP contribution in [0.2, 0.25) is 0 Å². The first kappa shape index (κ1) is 15.3. The summed E-state index contributed by atoms with van der Waals surface area (Å²) < 4.78 is 0. The molecule has 1 atom stereocenters. The van der Waals surface area contributed by atoms with E-state index < -0.39 is 0 Å². The quantitative estimate of drug-likeness (QED) is 0.843. The molecule has 19 heavy (non-hydrogen) atoms. The van der Waals surface area contributed by atoms with Gasteiger partial charge in [0.05, 0.1) is 6.61 Å². The molecule has 0 aliphatic carbocycles. The molecule has 0 bridgehead atoms. The van der Waals surface area contributed by atoms with Crippen LogP contribution >= 0.6 is 0 Å². The van der Waals surface area contributed by atoms with Gasteiger partial charge >= 0.3 is 0 Å². The molecule has 3 heteroatoms. The molecule has 1 unspecified atom stereocenters. The average Bonchev–Trinajstić information content (AvgIpc) is 2.45. The number of benzene rings is 1. The molecule has 0 saturated heterocycles. The lowest BCUT2D eigenvalue weighted by molar-refractivity contribution is 0.0740. The van der Waals surface area contributed by atoms with Gasteiger partial charge in [-0.1, -0.05) is 24.8 Å². The Morgan fingerprint density at radius 1 is 1.47 bits per heavy atom. The molecule has 1 rings (SSSR count). The number of hydrogen-bond acceptors (Lipinski definition) is 2. The lowest BCUT2D eigenvalue weighted by Crippen LogP contribution is -2.34. The Morgan fingerprint density at radius 3 is 2.84 bits per heavy atom. The van der Waals surface area contributed by atoms with E-state index in [0.29, 0.717) is 12.0 Å². The third kappa shape index (κ3) is 4.42. The summed E-state index contributed by atoms with van der Waals surface area (Å²) in [6.45, 7) is 4.15. The number of hydrogen-bond donors (Lipinski definition) is 1. The summed E-state index contributed by atoms with van der Waals surface area (Å²) in [4.78, 5) is 14.0. The number of carbonyl (C=O) groups is 1. The van der Waals surface area contributed by atoms with Crippen molar-refractivity contribution in [2.75, 3.05) is 13.7 Å². The van der Waals surface area contributed by atoms with Crippen molar-refractivity contribution in [3.63, 3.8) is 0 Å². The molecule has 0 heterocycles. The van der Waals surface area contributed by atoms with Crippen molar-refractivity contribution >= 4 is 5.91 Å². The van der Waals surface area contributed by atoms with Crippen molar-refractivity contribution < 1.29 is 9.90 Å². The number of carbonyl (C=O) groups excluding carboxylic acids is 1. The van der Waals surface area contributed by atoms with E-state index >= 15 is 0 Å². The Kier molecular flexibility index (Phi) is 6.11. The third-order valence-corrected chi connectivity index (χ3v) is 3.15. The summed E-state index contributed by atoms with van der Waals surface area (Å²) in [7, 11) is 1.82. The Hall–Kier alpha value is -1.79. The van der Waals surface area contributed by atoms with Crippen LogP contribution in [0.25, 0.3) is 0 Å². The Labute approximate surface area is 115 Å². The zero-order valence-corrected chi connectivity index (χ0v) is 11.8. The van der Waals surface area contributed by atoms with Gasteiger partial charge in [0.25, 0.3) is 5.91 Å². The monoisotopic (exact) mass is 259 g/mol. The summed E-state index contributed by atoms with van der Waals surface area (Å²) in [5.41, 5.74) is 1.45. The smallest absolute Gasteiger partial charge is 0.253 e. The number of amides is 1. The fourth-order valence-electron chi connectivity index (χ4n) is 1.63. The van der Waals surface area contributed by atoms with Crippen LogP contribution in [0.1, 0.15) is 42.6 Å². The molecule has 0 radical (unpaired) electrons. The van der Waals surface area contributed by atoms with E-state index in [9.17, 15) is 4.79 Å². The molecule has 0 saturated carbocycles. The van der Waals surface area contributed by atoms with E-state index in [1.807, 2.05) is 26.1 Å². The lowest BCUT2D eigenvalue weighted by atomic mass is 10.1. The summed E-state index contributed by atoms with van der Waals surface area (Å²) in [5, 5.41) is 8.68. The summed E-state index contributed by atoms with van der Waals surface area (Å²) >= 11 is 0. The van der Waals surface area contributed by atoms with Crippen molar-refractivity contribution in [2.45, 2.75) is 32.7 Å². The van der Waals surface area contributed by atoms with E-state index in [0.717, 1.165) is 12.0 Å². The van der Waals surface area contributed by atoms with Crippen molar-refractivity contribution in [1.82, 2.24) is 4.90 Å². The number of aliphatic hydroxyl groups excluding tert-OH is 1.